The van der Waals surface area contributed by atoms with Gasteiger partial charge in [0.15, 0.2) is 0 Å². The maximum absolute atomic E-state index is 6.20. The van der Waals surface area contributed by atoms with Gasteiger partial charge in [-0.1, -0.05) is 49.5 Å². The van der Waals surface area contributed by atoms with Crippen LogP contribution in [0.25, 0.3) is 0 Å². The molecule has 1 aromatic carbocycles. The molecule has 174 valence electrons. The molecule has 1 aromatic rings. The van der Waals surface area contributed by atoms with Crippen LogP contribution in [0.1, 0.15) is 76.7 Å². The van der Waals surface area contributed by atoms with Crippen molar-refractivity contribution in [1.82, 2.24) is 0 Å². The van der Waals surface area contributed by atoms with Crippen LogP contribution in [0.3, 0.4) is 0 Å². The van der Waals surface area contributed by atoms with E-state index in [1.165, 1.54) is 63.4 Å². The lowest BCUT2D eigenvalue weighted by molar-refractivity contribution is 0.0621. The molecule has 4 unspecified atom stereocenters. The van der Waals surface area contributed by atoms with Gasteiger partial charge in [-0.3, -0.25) is 4.99 Å². The van der Waals surface area contributed by atoms with Crippen LogP contribution in [-0.4, -0.2) is 23.6 Å². The highest BCUT2D eigenvalue weighted by atomic mass is 35.5. The Hall–Kier alpha value is -0.770. The maximum atomic E-state index is 6.20. The van der Waals surface area contributed by atoms with Crippen molar-refractivity contribution in [2.45, 2.75) is 76.5 Å². The second-order valence-electron chi connectivity index (χ2n) is 11.7. The second kappa shape index (κ2) is 8.78. The van der Waals surface area contributed by atoms with Gasteiger partial charge in [-0.05, 0) is 111 Å². The smallest absolute Gasteiger partial charge is 0.109 e. The van der Waals surface area contributed by atoms with Crippen LogP contribution in [0.5, 0.6) is 0 Å². The Morgan fingerprint density at radius 3 is 2.59 bits per heavy atom. The molecule has 5 aliphatic rings. The van der Waals surface area contributed by atoms with Gasteiger partial charge in [0.05, 0.1) is 0 Å². The molecule has 2 nitrogen and oxygen atoms in total. The molecule has 0 heterocycles. The minimum atomic E-state index is 0.0973. The van der Waals surface area contributed by atoms with Gasteiger partial charge in [-0.15, -0.1) is 11.6 Å². The summed E-state index contributed by atoms with van der Waals surface area (Å²) in [4.78, 5) is 6.10. The molecule has 4 bridgehead atoms. The summed E-state index contributed by atoms with van der Waals surface area (Å²) in [6, 6.07) is 11.3. The summed E-state index contributed by atoms with van der Waals surface area (Å²) in [7, 11) is 0. The van der Waals surface area contributed by atoms with Crippen LogP contribution < -0.4 is 5.73 Å². The summed E-state index contributed by atoms with van der Waals surface area (Å²) in [6.45, 7) is 3.38. The first-order valence-electron chi connectivity index (χ1n) is 12.9. The van der Waals surface area contributed by atoms with Crippen molar-refractivity contribution < 1.29 is 0 Å². The van der Waals surface area contributed by atoms with Gasteiger partial charge < -0.3 is 5.73 Å². The summed E-state index contributed by atoms with van der Waals surface area (Å²) in [5.74, 6) is 3.41. The number of hydrogen-bond donors (Lipinski definition) is 1. The Balaban J connectivity index is 1.41. The molecule has 0 aliphatic heterocycles. The average Bonchev–Trinajstić information content (AvgIpc) is 3.18. The zero-order valence-corrected chi connectivity index (χ0v) is 21.1. The molecule has 0 aromatic heterocycles. The maximum Gasteiger partial charge on any atom is 0.109 e. The summed E-state index contributed by atoms with van der Waals surface area (Å²) >= 11 is 12.4. The fourth-order valence-corrected chi connectivity index (χ4v) is 8.99. The molecule has 5 atom stereocenters. The minimum absolute atomic E-state index is 0.0973. The Morgan fingerprint density at radius 1 is 1.16 bits per heavy atom. The fraction of sp³-hybridized carbons (Fsp3) is 0.714. The highest BCUT2D eigenvalue weighted by Gasteiger charge is 2.72. The van der Waals surface area contributed by atoms with Gasteiger partial charge in [-0.25, -0.2) is 0 Å². The van der Waals surface area contributed by atoms with E-state index in [0.717, 1.165) is 29.8 Å². The van der Waals surface area contributed by atoms with E-state index in [1.807, 2.05) is 0 Å². The average molecular weight is 471 g/mol. The lowest BCUT2D eigenvalue weighted by atomic mass is 9.56. The predicted molar refractivity (Wildman–Crippen MR) is 140 cm³/mol. The monoisotopic (exact) mass is 470 g/mol. The molecule has 0 radical (unpaired) electrons. The van der Waals surface area contributed by atoms with Gasteiger partial charge in [0.1, 0.15) is 4.99 Å². The Labute approximate surface area is 204 Å². The van der Waals surface area contributed by atoms with Gasteiger partial charge in [0.2, 0.25) is 0 Å². The van der Waals surface area contributed by atoms with E-state index < -0.39 is 0 Å². The summed E-state index contributed by atoms with van der Waals surface area (Å²) in [5, 5.41) is 0. The number of alkyl halides is 1. The van der Waals surface area contributed by atoms with Gasteiger partial charge in [0.25, 0.3) is 0 Å². The topological polar surface area (TPSA) is 38.4 Å². The number of aliphatic imine (C=N–C) groups is 1. The molecule has 4 heteroatoms. The zero-order valence-electron chi connectivity index (χ0n) is 19.6. The molecule has 0 amide bonds. The van der Waals surface area contributed by atoms with Gasteiger partial charge in [-0.2, -0.15) is 0 Å². The molecule has 5 saturated carbocycles. The number of halogens is 1. The van der Waals surface area contributed by atoms with E-state index in [9.17, 15) is 0 Å². The van der Waals surface area contributed by atoms with E-state index >= 15 is 0 Å². The molecule has 0 spiro atoms. The SMILES string of the molecule is CC1(CCCCl)C2CC3(c4ccccc4)C[C@@H]1CC2(C(=S)N=CC1CCC(CN)CC1)C3. The summed E-state index contributed by atoms with van der Waals surface area (Å²) < 4.78 is 0. The van der Waals surface area contributed by atoms with Crippen molar-refractivity contribution >= 4 is 35.0 Å². The van der Waals surface area contributed by atoms with Crippen molar-refractivity contribution in [1.29, 1.82) is 0 Å². The first-order valence-corrected chi connectivity index (χ1v) is 13.8. The number of nitrogens with zero attached hydrogens (tertiary/aromatic N) is 1. The van der Waals surface area contributed by atoms with Crippen LogP contribution in [-0.2, 0) is 5.41 Å². The third-order valence-electron chi connectivity index (χ3n) is 10.2. The zero-order chi connectivity index (χ0) is 22.4. The van der Waals surface area contributed by atoms with Gasteiger partial charge >= 0.3 is 0 Å². The quantitative estimate of drug-likeness (QED) is 0.266. The lowest BCUT2D eigenvalue weighted by Gasteiger charge is -2.48. The van der Waals surface area contributed by atoms with Gasteiger partial charge in [0, 0.05) is 17.5 Å². The third kappa shape index (κ3) is 3.62. The largest absolute Gasteiger partial charge is 0.330 e. The second-order valence-corrected chi connectivity index (χ2v) is 12.5. The van der Waals surface area contributed by atoms with Crippen molar-refractivity contribution in [2.24, 2.45) is 45.2 Å². The van der Waals surface area contributed by atoms with E-state index in [4.69, 9.17) is 34.5 Å². The van der Waals surface area contributed by atoms with E-state index in [-0.39, 0.29) is 10.8 Å². The number of benzene rings is 1. The molecular weight excluding hydrogens is 432 g/mol. The third-order valence-corrected chi connectivity index (χ3v) is 11.0. The standard InChI is InChI=1S/C28H39ClN2S/c1-26(12-5-13-29)23-14-27(22-6-3-2-4-7-22)16-24(26)28(15-23,19-27)25(32)31-18-21-10-8-20(17-30)9-11-21/h2-4,6-7,18,20-21,23-24H,5,8-17,19,30H2,1H3/t20?,21?,23-,24?,26?,27?,28?/m1/s1. The minimum Gasteiger partial charge on any atom is -0.330 e. The Kier molecular flexibility index (Phi) is 6.31. The molecular formula is C28H39ClN2S. The first kappa shape index (κ1) is 23.0. The molecule has 2 N–H and O–H groups in total. The van der Waals surface area contributed by atoms with Crippen molar-refractivity contribution in [3.05, 3.63) is 35.9 Å². The van der Waals surface area contributed by atoms with E-state index in [2.05, 4.69) is 43.5 Å². The fourth-order valence-electron chi connectivity index (χ4n) is 8.50. The number of hydrogen-bond acceptors (Lipinski definition) is 2. The van der Waals surface area contributed by atoms with Crippen LogP contribution in [0, 0.1) is 34.5 Å². The Bertz CT molecular complexity index is 863. The molecule has 32 heavy (non-hydrogen) atoms. The highest BCUT2D eigenvalue weighted by Crippen LogP contribution is 2.77. The highest BCUT2D eigenvalue weighted by molar-refractivity contribution is 7.80. The van der Waals surface area contributed by atoms with Crippen LogP contribution in [0.15, 0.2) is 35.3 Å². The van der Waals surface area contributed by atoms with Crippen LogP contribution in [0.4, 0.5) is 0 Å². The number of nitrogens with two attached hydrogens (primary N) is 1. The van der Waals surface area contributed by atoms with Crippen molar-refractivity contribution in [3.63, 3.8) is 0 Å². The normalized spacial score (nSPS) is 42.7. The predicted octanol–water partition coefficient (Wildman–Crippen LogP) is 6.93. The molecule has 5 fully saturated rings. The molecule has 0 saturated heterocycles. The first-order chi connectivity index (χ1) is 15.5. The number of rotatable bonds is 7. The van der Waals surface area contributed by atoms with E-state index in [1.54, 1.807) is 0 Å². The van der Waals surface area contributed by atoms with Crippen molar-refractivity contribution in [2.75, 3.05) is 12.4 Å². The number of thiocarbonyl (C=S) groups is 1. The lowest BCUT2D eigenvalue weighted by Crippen LogP contribution is -2.41. The summed E-state index contributed by atoms with van der Waals surface area (Å²) in [6.07, 6.45) is 14.5. The molecule has 6 rings (SSSR count). The van der Waals surface area contributed by atoms with Crippen molar-refractivity contribution in [3.8, 4) is 0 Å². The summed E-state index contributed by atoms with van der Waals surface area (Å²) in [5.41, 5.74) is 8.15. The molecule has 5 aliphatic carbocycles. The van der Waals surface area contributed by atoms with Crippen LogP contribution in [0.2, 0.25) is 0 Å². The Morgan fingerprint density at radius 2 is 1.91 bits per heavy atom. The van der Waals surface area contributed by atoms with Crippen LogP contribution >= 0.6 is 23.8 Å². The van der Waals surface area contributed by atoms with E-state index in [0.29, 0.717) is 23.2 Å².